The monoisotopic (exact) mass is 253 g/mol. The molecule has 0 aromatic carbocycles. The maximum Gasteiger partial charge on any atom is 0.358 e. The number of carboxylic acid groups (broad SMARTS) is 1. The van der Waals surface area contributed by atoms with Crippen LogP contribution < -0.4 is 0 Å². The van der Waals surface area contributed by atoms with E-state index in [1.807, 2.05) is 0 Å². The van der Waals surface area contributed by atoms with Crippen LogP contribution in [0.1, 0.15) is 16.2 Å². The van der Waals surface area contributed by atoms with Gasteiger partial charge in [0, 0.05) is 13.1 Å². The van der Waals surface area contributed by atoms with Crippen LogP contribution in [0.25, 0.3) is 0 Å². The van der Waals surface area contributed by atoms with Gasteiger partial charge < -0.3 is 19.4 Å². The van der Waals surface area contributed by atoms with Gasteiger partial charge in [-0.1, -0.05) is 5.16 Å². The predicted molar refractivity (Wildman–Crippen MR) is 56.5 cm³/mol. The van der Waals surface area contributed by atoms with E-state index in [9.17, 15) is 14.4 Å². The first-order valence-electron chi connectivity index (χ1n) is 5.18. The molecule has 8 heteroatoms. The molecule has 0 spiro atoms. The van der Waals surface area contributed by atoms with Crippen molar-refractivity contribution in [2.75, 3.05) is 20.1 Å². The number of likely N-dealkylation sites (N-methyl/N-ethyl adjacent to an activating group) is 1. The number of rotatable bonds is 3. The van der Waals surface area contributed by atoms with Crippen molar-refractivity contribution < 1.29 is 24.0 Å². The zero-order valence-corrected chi connectivity index (χ0v) is 9.62. The summed E-state index contributed by atoms with van der Waals surface area (Å²) in [6, 6.07) is 1.23. The van der Waals surface area contributed by atoms with Crippen LogP contribution in [0.3, 0.4) is 0 Å². The van der Waals surface area contributed by atoms with E-state index in [1.165, 1.54) is 15.9 Å². The summed E-state index contributed by atoms with van der Waals surface area (Å²) < 4.78 is 4.79. The standard InChI is InChI=1S/C10H11N3O5/c1-12-4-9(15)13(5-8(12)14)3-6-2-7(10(16)17)11-18-6/h2H,3-5H2,1H3,(H,16,17). The van der Waals surface area contributed by atoms with E-state index >= 15 is 0 Å². The van der Waals surface area contributed by atoms with Crippen LogP contribution in [0, 0.1) is 0 Å². The summed E-state index contributed by atoms with van der Waals surface area (Å²) in [5.74, 6) is -1.36. The molecule has 2 amide bonds. The summed E-state index contributed by atoms with van der Waals surface area (Å²) >= 11 is 0. The van der Waals surface area contributed by atoms with E-state index in [0.717, 1.165) is 0 Å². The van der Waals surface area contributed by atoms with Crippen molar-refractivity contribution in [3.63, 3.8) is 0 Å². The molecule has 0 saturated carbocycles. The van der Waals surface area contributed by atoms with Crippen LogP contribution in [0.4, 0.5) is 0 Å². The summed E-state index contributed by atoms with van der Waals surface area (Å²) in [5.41, 5.74) is -0.224. The quantitative estimate of drug-likeness (QED) is 0.754. The number of nitrogens with zero attached hydrogens (tertiary/aromatic N) is 3. The van der Waals surface area contributed by atoms with E-state index in [-0.39, 0.29) is 42.9 Å². The lowest BCUT2D eigenvalue weighted by Crippen LogP contribution is -2.51. The third kappa shape index (κ3) is 2.31. The first-order valence-corrected chi connectivity index (χ1v) is 5.18. The van der Waals surface area contributed by atoms with E-state index < -0.39 is 5.97 Å². The van der Waals surface area contributed by atoms with Crippen molar-refractivity contribution in [2.24, 2.45) is 0 Å². The molecule has 96 valence electrons. The van der Waals surface area contributed by atoms with Gasteiger partial charge in [0.15, 0.2) is 11.5 Å². The highest BCUT2D eigenvalue weighted by atomic mass is 16.5. The van der Waals surface area contributed by atoms with Gasteiger partial charge in [0.25, 0.3) is 0 Å². The molecule has 1 aliphatic heterocycles. The Labute approximate surface area is 102 Å². The minimum absolute atomic E-state index is 0.0127. The topological polar surface area (TPSA) is 104 Å². The number of carbonyl (C=O) groups is 3. The Kier molecular flexibility index (Phi) is 3.00. The van der Waals surface area contributed by atoms with Crippen LogP contribution in [0.15, 0.2) is 10.6 Å². The highest BCUT2D eigenvalue weighted by molar-refractivity contribution is 5.92. The van der Waals surface area contributed by atoms with E-state index in [2.05, 4.69) is 5.16 Å². The molecule has 2 rings (SSSR count). The lowest BCUT2D eigenvalue weighted by Gasteiger charge is -2.30. The Morgan fingerprint density at radius 3 is 2.78 bits per heavy atom. The van der Waals surface area contributed by atoms with Gasteiger partial charge in [-0.15, -0.1) is 0 Å². The Morgan fingerprint density at radius 1 is 1.44 bits per heavy atom. The Hall–Kier alpha value is -2.38. The average Bonchev–Trinajstić information content (AvgIpc) is 2.74. The maximum absolute atomic E-state index is 11.6. The number of aromatic nitrogens is 1. The van der Waals surface area contributed by atoms with Crippen LogP contribution in [-0.2, 0) is 16.1 Å². The molecule has 18 heavy (non-hydrogen) atoms. The van der Waals surface area contributed by atoms with Gasteiger partial charge >= 0.3 is 5.97 Å². The Bertz CT molecular complexity index is 509. The maximum atomic E-state index is 11.6. The smallest absolute Gasteiger partial charge is 0.358 e. The van der Waals surface area contributed by atoms with Crippen molar-refractivity contribution in [3.8, 4) is 0 Å². The first-order chi connectivity index (χ1) is 8.47. The lowest BCUT2D eigenvalue weighted by atomic mass is 10.3. The minimum atomic E-state index is -1.20. The molecule has 1 aromatic rings. The van der Waals surface area contributed by atoms with Crippen LogP contribution >= 0.6 is 0 Å². The fraction of sp³-hybridized carbons (Fsp3) is 0.400. The Balaban J connectivity index is 2.06. The first kappa shape index (κ1) is 12.1. The molecule has 0 radical (unpaired) electrons. The summed E-state index contributed by atoms with van der Waals surface area (Å²) in [6.07, 6.45) is 0. The van der Waals surface area contributed by atoms with Crippen LogP contribution in [0.5, 0.6) is 0 Å². The second kappa shape index (κ2) is 4.47. The molecular formula is C10H11N3O5. The number of aromatic carboxylic acids is 1. The number of carbonyl (C=O) groups excluding carboxylic acids is 2. The molecule has 1 aliphatic rings. The van der Waals surface area contributed by atoms with E-state index in [0.29, 0.717) is 0 Å². The molecule has 2 heterocycles. The number of hydrogen-bond acceptors (Lipinski definition) is 5. The van der Waals surface area contributed by atoms with Gasteiger partial charge in [-0.2, -0.15) is 0 Å². The highest BCUT2D eigenvalue weighted by Crippen LogP contribution is 2.11. The second-order valence-electron chi connectivity index (χ2n) is 3.98. The number of carboxylic acids is 1. The highest BCUT2D eigenvalue weighted by Gasteiger charge is 2.28. The Morgan fingerprint density at radius 2 is 2.17 bits per heavy atom. The average molecular weight is 253 g/mol. The van der Waals surface area contributed by atoms with Crippen LogP contribution in [-0.4, -0.2) is 58.0 Å². The molecular weight excluding hydrogens is 242 g/mol. The minimum Gasteiger partial charge on any atom is -0.476 e. The van der Waals surface area contributed by atoms with Crippen LogP contribution in [0.2, 0.25) is 0 Å². The molecule has 0 bridgehead atoms. The molecule has 0 atom stereocenters. The number of amides is 2. The van der Waals surface area contributed by atoms with E-state index in [1.54, 1.807) is 7.05 Å². The lowest BCUT2D eigenvalue weighted by molar-refractivity contribution is -0.149. The van der Waals surface area contributed by atoms with Crippen molar-refractivity contribution >= 4 is 17.8 Å². The van der Waals surface area contributed by atoms with Crippen molar-refractivity contribution in [2.45, 2.75) is 6.54 Å². The summed E-state index contributed by atoms with van der Waals surface area (Å²) in [4.78, 5) is 36.3. The van der Waals surface area contributed by atoms with Gasteiger partial charge in [0.05, 0.1) is 13.1 Å². The molecule has 1 N–H and O–H groups in total. The van der Waals surface area contributed by atoms with Gasteiger partial charge in [-0.25, -0.2) is 4.79 Å². The van der Waals surface area contributed by atoms with E-state index in [4.69, 9.17) is 9.63 Å². The molecule has 8 nitrogen and oxygen atoms in total. The van der Waals surface area contributed by atoms with Crippen molar-refractivity contribution in [3.05, 3.63) is 17.5 Å². The SMILES string of the molecule is CN1CC(=O)N(Cc2cc(C(=O)O)no2)CC1=O. The van der Waals surface area contributed by atoms with Gasteiger partial charge in [-0.3, -0.25) is 9.59 Å². The molecule has 1 aromatic heterocycles. The fourth-order valence-corrected chi connectivity index (χ4v) is 1.58. The number of piperazine rings is 1. The third-order valence-corrected chi connectivity index (χ3v) is 2.60. The predicted octanol–water partition coefficient (Wildman–Crippen LogP) is -0.827. The summed E-state index contributed by atoms with van der Waals surface area (Å²) in [6.45, 7) is 0.00981. The van der Waals surface area contributed by atoms with Gasteiger partial charge in [0.1, 0.15) is 6.54 Å². The van der Waals surface area contributed by atoms with Gasteiger partial charge in [-0.05, 0) is 0 Å². The normalized spacial score (nSPS) is 16.3. The zero-order valence-electron chi connectivity index (χ0n) is 9.62. The van der Waals surface area contributed by atoms with Crippen molar-refractivity contribution in [1.29, 1.82) is 0 Å². The number of hydrogen-bond donors (Lipinski definition) is 1. The summed E-state index contributed by atoms with van der Waals surface area (Å²) in [5, 5.41) is 12.0. The summed E-state index contributed by atoms with van der Waals surface area (Å²) in [7, 11) is 1.55. The zero-order chi connectivity index (χ0) is 13.3. The second-order valence-corrected chi connectivity index (χ2v) is 3.98. The van der Waals surface area contributed by atoms with Gasteiger partial charge in [0.2, 0.25) is 11.8 Å². The fourth-order valence-electron chi connectivity index (χ4n) is 1.58. The third-order valence-electron chi connectivity index (χ3n) is 2.60. The van der Waals surface area contributed by atoms with Crippen molar-refractivity contribution in [1.82, 2.24) is 15.0 Å². The largest absolute Gasteiger partial charge is 0.476 e. The molecule has 0 unspecified atom stereocenters. The molecule has 0 aliphatic carbocycles. The molecule has 1 saturated heterocycles. The molecule has 1 fully saturated rings.